The quantitative estimate of drug-likeness (QED) is 0.253. The SMILES string of the molecule is CCNC(=NCCCCCCC(=O)OC)NCCc1cc(C)ccc1OC. The number of benzene rings is 1. The molecule has 27 heavy (non-hydrogen) atoms. The molecule has 0 aromatic heterocycles. The summed E-state index contributed by atoms with van der Waals surface area (Å²) in [6, 6.07) is 6.25. The zero-order valence-electron chi connectivity index (χ0n) is 17.3. The van der Waals surface area contributed by atoms with Crippen LogP contribution in [0.15, 0.2) is 23.2 Å². The van der Waals surface area contributed by atoms with Crippen molar-refractivity contribution < 1.29 is 14.3 Å². The van der Waals surface area contributed by atoms with Gasteiger partial charge < -0.3 is 20.1 Å². The van der Waals surface area contributed by atoms with Crippen molar-refractivity contribution in [2.24, 2.45) is 4.99 Å². The normalized spacial score (nSPS) is 11.2. The van der Waals surface area contributed by atoms with Crippen LogP contribution in [0.1, 0.15) is 50.2 Å². The molecule has 0 spiro atoms. The van der Waals surface area contributed by atoms with Gasteiger partial charge in [0.2, 0.25) is 0 Å². The Morgan fingerprint density at radius 2 is 1.89 bits per heavy atom. The lowest BCUT2D eigenvalue weighted by Gasteiger charge is -2.13. The number of ether oxygens (including phenoxy) is 2. The van der Waals surface area contributed by atoms with E-state index in [0.717, 1.165) is 63.4 Å². The lowest BCUT2D eigenvalue weighted by atomic mass is 10.1. The number of carbonyl (C=O) groups is 1. The monoisotopic (exact) mass is 377 g/mol. The van der Waals surface area contributed by atoms with Gasteiger partial charge in [0.1, 0.15) is 5.75 Å². The highest BCUT2D eigenvalue weighted by atomic mass is 16.5. The van der Waals surface area contributed by atoms with Crippen molar-refractivity contribution in [2.45, 2.75) is 52.4 Å². The van der Waals surface area contributed by atoms with Crippen LogP contribution in [0.3, 0.4) is 0 Å². The minimum atomic E-state index is -0.128. The maximum absolute atomic E-state index is 11.1. The molecule has 0 aliphatic heterocycles. The smallest absolute Gasteiger partial charge is 0.305 e. The fourth-order valence-corrected chi connectivity index (χ4v) is 2.79. The van der Waals surface area contributed by atoms with Crippen LogP contribution in [0, 0.1) is 6.92 Å². The van der Waals surface area contributed by atoms with E-state index in [-0.39, 0.29) is 5.97 Å². The van der Waals surface area contributed by atoms with Gasteiger partial charge in [0, 0.05) is 26.1 Å². The van der Waals surface area contributed by atoms with Crippen molar-refractivity contribution in [3.05, 3.63) is 29.3 Å². The lowest BCUT2D eigenvalue weighted by Crippen LogP contribution is -2.38. The van der Waals surface area contributed by atoms with E-state index in [9.17, 15) is 4.79 Å². The number of esters is 1. The first-order valence-electron chi connectivity index (χ1n) is 9.83. The van der Waals surface area contributed by atoms with Gasteiger partial charge in [0.05, 0.1) is 14.2 Å². The topological polar surface area (TPSA) is 72.0 Å². The molecule has 0 aliphatic carbocycles. The summed E-state index contributed by atoms with van der Waals surface area (Å²) in [7, 11) is 3.14. The summed E-state index contributed by atoms with van der Waals surface area (Å²) in [5.41, 5.74) is 2.44. The summed E-state index contributed by atoms with van der Waals surface area (Å²) in [5, 5.41) is 6.67. The van der Waals surface area contributed by atoms with Gasteiger partial charge in [0.25, 0.3) is 0 Å². The summed E-state index contributed by atoms with van der Waals surface area (Å²) in [5.74, 6) is 1.65. The van der Waals surface area contributed by atoms with E-state index in [4.69, 9.17) is 4.74 Å². The molecule has 0 saturated carbocycles. The highest BCUT2D eigenvalue weighted by molar-refractivity contribution is 5.79. The molecular weight excluding hydrogens is 342 g/mol. The predicted molar refractivity (Wildman–Crippen MR) is 111 cm³/mol. The molecule has 6 nitrogen and oxygen atoms in total. The molecule has 152 valence electrons. The molecule has 0 amide bonds. The van der Waals surface area contributed by atoms with Gasteiger partial charge in [0.15, 0.2) is 5.96 Å². The van der Waals surface area contributed by atoms with Crippen LogP contribution >= 0.6 is 0 Å². The van der Waals surface area contributed by atoms with Crippen molar-refractivity contribution in [3.63, 3.8) is 0 Å². The van der Waals surface area contributed by atoms with Crippen LogP contribution < -0.4 is 15.4 Å². The molecule has 0 aliphatic rings. The fourth-order valence-electron chi connectivity index (χ4n) is 2.79. The summed E-state index contributed by atoms with van der Waals surface area (Å²) in [6.07, 6.45) is 5.38. The molecule has 1 aromatic carbocycles. The molecule has 0 bridgehead atoms. The third-order valence-corrected chi connectivity index (χ3v) is 4.25. The van der Waals surface area contributed by atoms with E-state index < -0.39 is 0 Å². The number of aliphatic imine (C=N–C) groups is 1. The molecular formula is C21H35N3O3. The first kappa shape index (κ1) is 22.8. The predicted octanol–water partition coefficient (Wildman–Crippen LogP) is 3.22. The largest absolute Gasteiger partial charge is 0.496 e. The second-order valence-electron chi connectivity index (χ2n) is 6.49. The lowest BCUT2D eigenvalue weighted by molar-refractivity contribution is -0.140. The standard InChI is InChI=1S/C21H35N3O3/c1-5-22-21(23-14-9-7-6-8-10-20(25)27-4)24-15-13-18-16-17(2)11-12-19(18)26-3/h11-12,16H,5-10,13-15H2,1-4H3,(H2,22,23,24). The van der Waals surface area contributed by atoms with Crippen LogP contribution in [-0.4, -0.2) is 45.8 Å². The number of carbonyl (C=O) groups excluding carboxylic acids is 1. The summed E-state index contributed by atoms with van der Waals surface area (Å²) in [4.78, 5) is 15.7. The molecule has 2 N–H and O–H groups in total. The molecule has 0 fully saturated rings. The van der Waals surface area contributed by atoms with E-state index in [2.05, 4.69) is 46.3 Å². The van der Waals surface area contributed by atoms with Gasteiger partial charge in [-0.05, 0) is 44.7 Å². The van der Waals surface area contributed by atoms with E-state index in [1.807, 2.05) is 6.07 Å². The van der Waals surface area contributed by atoms with Crippen LogP contribution in [0.5, 0.6) is 5.75 Å². The zero-order valence-corrected chi connectivity index (χ0v) is 17.3. The Kier molecular flexibility index (Phi) is 11.7. The number of rotatable bonds is 12. The van der Waals surface area contributed by atoms with E-state index in [0.29, 0.717) is 6.42 Å². The average molecular weight is 378 g/mol. The Balaban J connectivity index is 2.33. The Labute approximate surface area is 163 Å². The van der Waals surface area contributed by atoms with Crippen molar-refractivity contribution in [3.8, 4) is 5.75 Å². The third kappa shape index (κ3) is 9.87. The van der Waals surface area contributed by atoms with Gasteiger partial charge in [-0.25, -0.2) is 0 Å². The van der Waals surface area contributed by atoms with Gasteiger partial charge in [-0.1, -0.05) is 30.5 Å². The van der Waals surface area contributed by atoms with Gasteiger partial charge in [-0.3, -0.25) is 9.79 Å². The maximum Gasteiger partial charge on any atom is 0.305 e. The number of aryl methyl sites for hydroxylation is 1. The highest BCUT2D eigenvalue weighted by Gasteiger charge is 2.04. The summed E-state index contributed by atoms with van der Waals surface area (Å²) >= 11 is 0. The molecule has 0 radical (unpaired) electrons. The first-order valence-corrected chi connectivity index (χ1v) is 9.83. The van der Waals surface area contributed by atoms with Crippen molar-refractivity contribution >= 4 is 11.9 Å². The summed E-state index contributed by atoms with van der Waals surface area (Å²) < 4.78 is 10.1. The molecule has 1 aromatic rings. The number of guanidine groups is 1. The van der Waals surface area contributed by atoms with E-state index >= 15 is 0 Å². The van der Waals surface area contributed by atoms with Crippen LogP contribution in [0.25, 0.3) is 0 Å². The van der Waals surface area contributed by atoms with Gasteiger partial charge in [-0.2, -0.15) is 0 Å². The highest BCUT2D eigenvalue weighted by Crippen LogP contribution is 2.19. The third-order valence-electron chi connectivity index (χ3n) is 4.25. The van der Waals surface area contributed by atoms with Gasteiger partial charge >= 0.3 is 5.97 Å². The molecule has 0 unspecified atom stereocenters. The van der Waals surface area contributed by atoms with Gasteiger partial charge in [-0.15, -0.1) is 0 Å². The Bertz CT molecular complexity index is 588. The molecule has 6 heteroatoms. The average Bonchev–Trinajstić information content (AvgIpc) is 2.67. The molecule has 0 saturated heterocycles. The van der Waals surface area contributed by atoms with Crippen molar-refractivity contribution in [1.29, 1.82) is 0 Å². The summed E-state index contributed by atoms with van der Waals surface area (Å²) in [6.45, 7) is 6.56. The Hall–Kier alpha value is -2.24. The number of hydrogen-bond acceptors (Lipinski definition) is 4. The van der Waals surface area contributed by atoms with Crippen molar-refractivity contribution in [1.82, 2.24) is 10.6 Å². The number of unbranched alkanes of at least 4 members (excludes halogenated alkanes) is 3. The minimum absolute atomic E-state index is 0.128. The van der Waals surface area contributed by atoms with Crippen LogP contribution in [-0.2, 0) is 16.0 Å². The Morgan fingerprint density at radius 3 is 2.59 bits per heavy atom. The zero-order chi connectivity index (χ0) is 19.9. The maximum atomic E-state index is 11.1. The Morgan fingerprint density at radius 1 is 1.11 bits per heavy atom. The second kappa shape index (κ2) is 13.9. The second-order valence-corrected chi connectivity index (χ2v) is 6.49. The number of hydrogen-bond donors (Lipinski definition) is 2. The first-order chi connectivity index (χ1) is 13.1. The molecule has 0 atom stereocenters. The fraction of sp³-hybridized carbons (Fsp3) is 0.619. The number of nitrogens with one attached hydrogen (secondary N) is 2. The van der Waals surface area contributed by atoms with E-state index in [1.165, 1.54) is 18.2 Å². The molecule has 0 heterocycles. The number of nitrogens with zero attached hydrogens (tertiary/aromatic N) is 1. The van der Waals surface area contributed by atoms with Crippen LogP contribution in [0.2, 0.25) is 0 Å². The minimum Gasteiger partial charge on any atom is -0.496 e. The van der Waals surface area contributed by atoms with Crippen molar-refractivity contribution in [2.75, 3.05) is 33.9 Å². The molecule has 1 rings (SSSR count). The van der Waals surface area contributed by atoms with E-state index in [1.54, 1.807) is 7.11 Å². The van der Waals surface area contributed by atoms with Crippen LogP contribution in [0.4, 0.5) is 0 Å². The number of methoxy groups -OCH3 is 2.